The number of amides is 1. The second-order valence-corrected chi connectivity index (χ2v) is 6.29. The molecule has 0 aromatic heterocycles. The van der Waals surface area contributed by atoms with Gasteiger partial charge in [-0.15, -0.1) is 0 Å². The average Bonchev–Trinajstić information content (AvgIpc) is 2.39. The third kappa shape index (κ3) is 4.03. The first-order chi connectivity index (χ1) is 9.86. The van der Waals surface area contributed by atoms with Crippen molar-refractivity contribution in [3.05, 3.63) is 62.6 Å². The number of thiocarbonyl (C=S) groups is 1. The number of carbonyl (C=O) groups is 1. The molecule has 0 spiro atoms. The fourth-order valence-corrected chi connectivity index (χ4v) is 2.74. The predicted octanol–water partition coefficient (Wildman–Crippen LogP) is 4.30. The minimum absolute atomic E-state index is 0.249. The van der Waals surface area contributed by atoms with Crippen molar-refractivity contribution in [1.82, 2.24) is 0 Å². The van der Waals surface area contributed by atoms with E-state index in [1.807, 2.05) is 13.0 Å². The van der Waals surface area contributed by atoms with Crippen LogP contribution in [0.25, 0.3) is 0 Å². The van der Waals surface area contributed by atoms with Crippen LogP contribution in [0.3, 0.4) is 0 Å². The molecule has 3 nitrogen and oxygen atoms in total. The van der Waals surface area contributed by atoms with Gasteiger partial charge in [-0.1, -0.05) is 45.8 Å². The number of anilines is 1. The van der Waals surface area contributed by atoms with Crippen LogP contribution in [-0.2, 0) is 0 Å². The number of nitrogens with one attached hydrogen (secondary N) is 1. The molecule has 2 rings (SSSR count). The predicted molar refractivity (Wildman–Crippen MR) is 94.2 cm³/mol. The molecule has 2 aromatic rings. The van der Waals surface area contributed by atoms with Crippen LogP contribution in [0.1, 0.15) is 21.5 Å². The minimum Gasteiger partial charge on any atom is -0.389 e. The third-order valence-corrected chi connectivity index (χ3v) is 3.83. The Morgan fingerprint density at radius 1 is 1.24 bits per heavy atom. The van der Waals surface area contributed by atoms with E-state index in [0.717, 1.165) is 10.0 Å². The molecular weight excluding hydrogens is 372 g/mol. The molecule has 0 heterocycles. The SMILES string of the molecule is Cc1cc(Br)cc(C(=O)Nc2cc(C(N)=S)ccc2Cl)c1. The summed E-state index contributed by atoms with van der Waals surface area (Å²) in [5.41, 5.74) is 8.23. The van der Waals surface area contributed by atoms with Crippen LogP contribution in [0.2, 0.25) is 5.02 Å². The van der Waals surface area contributed by atoms with Crippen LogP contribution in [0, 0.1) is 6.92 Å². The maximum absolute atomic E-state index is 12.3. The quantitative estimate of drug-likeness (QED) is 0.777. The van der Waals surface area contributed by atoms with E-state index in [1.165, 1.54) is 0 Å². The van der Waals surface area contributed by atoms with E-state index in [1.54, 1.807) is 30.3 Å². The first kappa shape index (κ1) is 15.9. The Morgan fingerprint density at radius 3 is 2.57 bits per heavy atom. The van der Waals surface area contributed by atoms with E-state index >= 15 is 0 Å². The van der Waals surface area contributed by atoms with E-state index < -0.39 is 0 Å². The smallest absolute Gasteiger partial charge is 0.255 e. The van der Waals surface area contributed by atoms with Crippen LogP contribution >= 0.6 is 39.7 Å². The molecule has 0 saturated carbocycles. The lowest BCUT2D eigenvalue weighted by molar-refractivity contribution is 0.102. The van der Waals surface area contributed by atoms with Crippen molar-refractivity contribution < 1.29 is 4.79 Å². The summed E-state index contributed by atoms with van der Waals surface area (Å²) in [7, 11) is 0. The van der Waals surface area contributed by atoms with Crippen molar-refractivity contribution in [1.29, 1.82) is 0 Å². The first-order valence-corrected chi connectivity index (χ1v) is 7.62. The van der Waals surface area contributed by atoms with Gasteiger partial charge in [-0.05, 0) is 42.8 Å². The van der Waals surface area contributed by atoms with Crippen LogP contribution in [0.5, 0.6) is 0 Å². The van der Waals surface area contributed by atoms with E-state index in [-0.39, 0.29) is 10.9 Å². The van der Waals surface area contributed by atoms with E-state index in [0.29, 0.717) is 21.8 Å². The standard InChI is InChI=1S/C15H12BrClN2OS/c1-8-4-10(6-11(16)5-8)15(20)19-13-7-9(14(18)21)2-3-12(13)17/h2-7H,1H3,(H2,18,21)(H,19,20). The van der Waals surface area contributed by atoms with Gasteiger partial charge >= 0.3 is 0 Å². The Hall–Kier alpha value is -1.43. The van der Waals surface area contributed by atoms with Gasteiger partial charge in [0.05, 0.1) is 10.7 Å². The minimum atomic E-state index is -0.249. The second-order valence-electron chi connectivity index (χ2n) is 4.53. The van der Waals surface area contributed by atoms with Crippen LogP contribution in [-0.4, -0.2) is 10.9 Å². The van der Waals surface area contributed by atoms with Gasteiger partial charge < -0.3 is 11.1 Å². The van der Waals surface area contributed by atoms with Gasteiger partial charge in [-0.3, -0.25) is 4.79 Å². The summed E-state index contributed by atoms with van der Waals surface area (Å²) in [6.45, 7) is 1.92. The monoisotopic (exact) mass is 382 g/mol. The Kier molecular flexibility index (Phi) is 4.98. The molecule has 0 aliphatic carbocycles. The normalized spacial score (nSPS) is 10.2. The van der Waals surface area contributed by atoms with Crippen molar-refractivity contribution in [3.8, 4) is 0 Å². The Bertz CT molecular complexity index is 713. The van der Waals surface area contributed by atoms with Gasteiger partial charge in [-0.25, -0.2) is 0 Å². The number of hydrogen-bond donors (Lipinski definition) is 2. The van der Waals surface area contributed by atoms with Crippen LogP contribution in [0.4, 0.5) is 5.69 Å². The van der Waals surface area contributed by atoms with Crippen molar-refractivity contribution >= 4 is 56.3 Å². The number of benzene rings is 2. The fourth-order valence-electron chi connectivity index (χ4n) is 1.84. The van der Waals surface area contributed by atoms with Gasteiger partial charge in [0.15, 0.2) is 0 Å². The zero-order valence-corrected chi connectivity index (χ0v) is 14.3. The summed E-state index contributed by atoms with van der Waals surface area (Å²) < 4.78 is 0.843. The zero-order chi connectivity index (χ0) is 15.6. The van der Waals surface area contributed by atoms with Crippen LogP contribution < -0.4 is 11.1 Å². The van der Waals surface area contributed by atoms with Crippen LogP contribution in [0.15, 0.2) is 40.9 Å². The first-order valence-electron chi connectivity index (χ1n) is 6.04. The number of carbonyl (C=O) groups excluding carboxylic acids is 1. The van der Waals surface area contributed by atoms with E-state index in [2.05, 4.69) is 21.2 Å². The highest BCUT2D eigenvalue weighted by Crippen LogP contribution is 2.24. The molecule has 108 valence electrons. The number of halogens is 2. The van der Waals surface area contributed by atoms with Crippen molar-refractivity contribution in [2.45, 2.75) is 6.92 Å². The maximum Gasteiger partial charge on any atom is 0.255 e. The Morgan fingerprint density at radius 2 is 1.95 bits per heavy atom. The van der Waals surface area contributed by atoms with Crippen molar-refractivity contribution in [2.24, 2.45) is 5.73 Å². The van der Waals surface area contributed by atoms with Crippen molar-refractivity contribution in [2.75, 3.05) is 5.32 Å². The maximum atomic E-state index is 12.3. The largest absolute Gasteiger partial charge is 0.389 e. The number of nitrogens with two attached hydrogens (primary N) is 1. The van der Waals surface area contributed by atoms with Gasteiger partial charge in [0.1, 0.15) is 4.99 Å². The summed E-state index contributed by atoms with van der Waals surface area (Å²) in [4.78, 5) is 12.5. The molecule has 0 bridgehead atoms. The second kappa shape index (κ2) is 6.56. The fraction of sp³-hybridized carbons (Fsp3) is 0.0667. The lowest BCUT2D eigenvalue weighted by atomic mass is 10.1. The van der Waals surface area contributed by atoms with Gasteiger partial charge in [0.25, 0.3) is 5.91 Å². The Labute approximate surface area is 141 Å². The van der Waals surface area contributed by atoms with Gasteiger partial charge in [0, 0.05) is 15.6 Å². The van der Waals surface area contributed by atoms with Gasteiger partial charge in [-0.2, -0.15) is 0 Å². The molecule has 3 N–H and O–H groups in total. The molecule has 0 saturated heterocycles. The molecule has 6 heteroatoms. The summed E-state index contributed by atoms with van der Waals surface area (Å²) in [6.07, 6.45) is 0. The van der Waals surface area contributed by atoms with E-state index in [9.17, 15) is 4.79 Å². The summed E-state index contributed by atoms with van der Waals surface area (Å²) in [5, 5.41) is 3.20. The highest BCUT2D eigenvalue weighted by molar-refractivity contribution is 9.10. The average molecular weight is 384 g/mol. The molecule has 21 heavy (non-hydrogen) atoms. The molecular formula is C15H12BrClN2OS. The molecule has 0 aliphatic heterocycles. The summed E-state index contributed by atoms with van der Waals surface area (Å²) in [5.74, 6) is -0.249. The molecule has 0 aliphatic rings. The number of rotatable bonds is 3. The highest BCUT2D eigenvalue weighted by atomic mass is 79.9. The van der Waals surface area contributed by atoms with Crippen molar-refractivity contribution in [3.63, 3.8) is 0 Å². The molecule has 0 unspecified atom stereocenters. The highest BCUT2D eigenvalue weighted by Gasteiger charge is 2.11. The molecule has 1 amide bonds. The lowest BCUT2D eigenvalue weighted by Crippen LogP contribution is -2.14. The van der Waals surface area contributed by atoms with Gasteiger partial charge in [0.2, 0.25) is 0 Å². The lowest BCUT2D eigenvalue weighted by Gasteiger charge is -2.10. The zero-order valence-electron chi connectivity index (χ0n) is 11.1. The molecule has 0 atom stereocenters. The third-order valence-electron chi connectivity index (χ3n) is 2.80. The molecule has 0 fully saturated rings. The Balaban J connectivity index is 2.31. The summed E-state index contributed by atoms with van der Waals surface area (Å²) >= 11 is 14.4. The van der Waals surface area contributed by atoms with E-state index in [4.69, 9.17) is 29.6 Å². The molecule has 2 aromatic carbocycles. The number of hydrogen-bond acceptors (Lipinski definition) is 2. The molecule has 0 radical (unpaired) electrons. The summed E-state index contributed by atoms with van der Waals surface area (Å²) in [6, 6.07) is 10.5. The number of aryl methyl sites for hydroxylation is 1. The topological polar surface area (TPSA) is 55.1 Å².